The highest BCUT2D eigenvalue weighted by atomic mass is 32.2. The number of rotatable bonds is 4. The van der Waals surface area contributed by atoms with Gasteiger partial charge in [-0.1, -0.05) is 30.3 Å². The zero-order valence-corrected chi connectivity index (χ0v) is 11.1. The van der Waals surface area contributed by atoms with Crippen molar-refractivity contribution in [2.45, 2.75) is 0 Å². The van der Waals surface area contributed by atoms with Crippen LogP contribution in [0.2, 0.25) is 0 Å². The van der Waals surface area contributed by atoms with E-state index in [1.165, 1.54) is 0 Å². The minimum absolute atomic E-state index is 0.0447. The number of benzene rings is 1. The molecule has 0 fully saturated rings. The summed E-state index contributed by atoms with van der Waals surface area (Å²) in [4.78, 5) is 12.3. The molecule has 0 amide bonds. The minimum Gasteiger partial charge on any atom is -0.289 e. The third-order valence-electron chi connectivity index (χ3n) is 2.27. The molecule has 3 nitrogen and oxygen atoms in total. The molecular formula is C14H13N2OS+. The van der Waals surface area contributed by atoms with E-state index in [1.54, 1.807) is 24.3 Å². The van der Waals surface area contributed by atoms with E-state index < -0.39 is 0 Å². The summed E-state index contributed by atoms with van der Waals surface area (Å²) in [6.07, 6.45) is 3.95. The summed E-state index contributed by atoms with van der Waals surface area (Å²) in [6, 6.07) is 12.4. The van der Waals surface area contributed by atoms with Gasteiger partial charge in [0.25, 0.3) is 0 Å². The van der Waals surface area contributed by atoms with Crippen LogP contribution in [0.4, 0.5) is 0 Å². The molecule has 0 atom stereocenters. The summed E-state index contributed by atoms with van der Waals surface area (Å²) in [5.41, 5.74) is 0.755. The SMILES string of the molecule is C[S+](C)CC(C(=O)c1ccccc1)=C(C#N)C#N. The fraction of sp³-hybridized carbons (Fsp3) is 0.214. The monoisotopic (exact) mass is 257 g/mol. The normalized spacial score (nSPS) is 9.39. The Bertz CT molecular complexity index is 531. The maximum atomic E-state index is 12.3. The highest BCUT2D eigenvalue weighted by Gasteiger charge is 2.22. The van der Waals surface area contributed by atoms with Crippen molar-refractivity contribution < 1.29 is 4.79 Å². The second kappa shape index (κ2) is 6.64. The molecule has 0 saturated heterocycles. The lowest BCUT2D eigenvalue weighted by Gasteiger charge is -2.04. The van der Waals surface area contributed by atoms with Gasteiger partial charge in [0, 0.05) is 5.56 Å². The van der Waals surface area contributed by atoms with Gasteiger partial charge in [0.15, 0.2) is 5.78 Å². The van der Waals surface area contributed by atoms with Gasteiger partial charge >= 0.3 is 0 Å². The smallest absolute Gasteiger partial charge is 0.195 e. The number of hydrogen-bond donors (Lipinski definition) is 0. The Morgan fingerprint density at radius 3 is 2.17 bits per heavy atom. The van der Waals surface area contributed by atoms with Crippen molar-refractivity contribution in [1.29, 1.82) is 10.5 Å². The predicted octanol–water partition coefficient (Wildman–Crippen LogP) is 2.09. The average molecular weight is 257 g/mol. The van der Waals surface area contributed by atoms with Crippen LogP contribution in [-0.4, -0.2) is 24.0 Å². The van der Waals surface area contributed by atoms with Crippen LogP contribution in [0.3, 0.4) is 0 Å². The third-order valence-corrected chi connectivity index (χ3v) is 3.13. The lowest BCUT2D eigenvalue weighted by atomic mass is 10.0. The number of carbonyl (C=O) groups excluding carboxylic acids is 1. The van der Waals surface area contributed by atoms with Crippen molar-refractivity contribution in [2.24, 2.45) is 0 Å². The molecule has 0 saturated carbocycles. The summed E-state index contributed by atoms with van der Waals surface area (Å²) in [7, 11) is -0.0447. The van der Waals surface area contributed by atoms with E-state index in [4.69, 9.17) is 10.5 Å². The fourth-order valence-electron chi connectivity index (χ4n) is 1.46. The van der Waals surface area contributed by atoms with Crippen LogP contribution in [0.1, 0.15) is 10.4 Å². The molecule has 0 spiro atoms. The second-order valence-electron chi connectivity index (χ2n) is 3.90. The van der Waals surface area contributed by atoms with Gasteiger partial charge in [0.1, 0.15) is 23.5 Å². The van der Waals surface area contributed by atoms with E-state index in [1.807, 2.05) is 30.7 Å². The first-order chi connectivity index (χ1) is 8.60. The average Bonchev–Trinajstić information content (AvgIpc) is 2.38. The summed E-state index contributed by atoms with van der Waals surface area (Å²) in [6.45, 7) is 0. The van der Waals surface area contributed by atoms with Gasteiger partial charge < -0.3 is 0 Å². The maximum absolute atomic E-state index is 12.3. The number of allylic oxidation sites excluding steroid dienone is 1. The summed E-state index contributed by atoms with van der Waals surface area (Å²) < 4.78 is 0. The molecule has 0 aliphatic rings. The first kappa shape index (κ1) is 14.0. The zero-order valence-electron chi connectivity index (χ0n) is 10.3. The Kier molecular flexibility index (Phi) is 5.17. The second-order valence-corrected chi connectivity index (χ2v) is 6.16. The van der Waals surface area contributed by atoms with Crippen LogP contribution in [0.25, 0.3) is 0 Å². The van der Waals surface area contributed by atoms with E-state index >= 15 is 0 Å². The van der Waals surface area contributed by atoms with Crippen LogP contribution in [-0.2, 0) is 10.9 Å². The molecule has 0 unspecified atom stereocenters. The molecule has 1 aromatic rings. The third kappa shape index (κ3) is 3.48. The molecule has 0 bridgehead atoms. The molecule has 4 heteroatoms. The van der Waals surface area contributed by atoms with Crippen LogP contribution >= 0.6 is 0 Å². The molecule has 90 valence electrons. The molecule has 0 radical (unpaired) electrons. The molecule has 1 aromatic carbocycles. The summed E-state index contributed by atoms with van der Waals surface area (Å²) in [5.74, 6) is 0.236. The van der Waals surface area contributed by atoms with E-state index in [-0.39, 0.29) is 22.3 Å². The Morgan fingerprint density at radius 1 is 1.17 bits per heavy atom. The van der Waals surface area contributed by atoms with Crippen LogP contribution in [0.15, 0.2) is 41.5 Å². The molecule has 0 aliphatic carbocycles. The van der Waals surface area contributed by atoms with E-state index in [2.05, 4.69) is 0 Å². The number of nitriles is 2. The molecule has 0 N–H and O–H groups in total. The molecule has 0 aromatic heterocycles. The van der Waals surface area contributed by atoms with Gasteiger partial charge in [0.2, 0.25) is 0 Å². The first-order valence-corrected chi connectivity index (χ1v) is 7.48. The topological polar surface area (TPSA) is 64.7 Å². The highest BCUT2D eigenvalue weighted by Crippen LogP contribution is 2.14. The Morgan fingerprint density at radius 2 is 1.72 bits per heavy atom. The highest BCUT2D eigenvalue weighted by molar-refractivity contribution is 7.95. The van der Waals surface area contributed by atoms with Crippen molar-refractivity contribution in [2.75, 3.05) is 18.3 Å². The Hall–Kier alpha value is -2.04. The van der Waals surface area contributed by atoms with E-state index in [0.29, 0.717) is 16.9 Å². The number of carbonyl (C=O) groups is 1. The fourth-order valence-corrected chi connectivity index (χ4v) is 2.32. The number of hydrogen-bond acceptors (Lipinski definition) is 3. The van der Waals surface area contributed by atoms with Crippen molar-refractivity contribution in [3.05, 3.63) is 47.0 Å². The number of nitrogens with zero attached hydrogens (tertiary/aromatic N) is 2. The van der Waals surface area contributed by atoms with Gasteiger partial charge in [-0.2, -0.15) is 10.5 Å². The lowest BCUT2D eigenvalue weighted by molar-refractivity contribution is 0.103. The minimum atomic E-state index is -0.227. The van der Waals surface area contributed by atoms with Crippen molar-refractivity contribution in [3.8, 4) is 12.1 Å². The quantitative estimate of drug-likeness (QED) is 0.359. The van der Waals surface area contributed by atoms with Gasteiger partial charge in [-0.25, -0.2) is 0 Å². The van der Waals surface area contributed by atoms with Crippen molar-refractivity contribution in [3.63, 3.8) is 0 Å². The predicted molar refractivity (Wildman–Crippen MR) is 73.1 cm³/mol. The Labute approximate surface area is 110 Å². The van der Waals surface area contributed by atoms with Crippen molar-refractivity contribution in [1.82, 2.24) is 0 Å². The molecule has 0 aliphatic heterocycles. The number of ketones is 1. The summed E-state index contributed by atoms with van der Waals surface area (Å²) >= 11 is 0. The standard InChI is InChI=1S/C14H13N2OS/c1-18(2)10-13(12(8-15)9-16)14(17)11-6-4-3-5-7-11/h3-7H,10H2,1-2H3/q+1. The maximum Gasteiger partial charge on any atom is 0.195 e. The molecule has 0 heterocycles. The van der Waals surface area contributed by atoms with Gasteiger partial charge in [-0.05, 0) is 10.9 Å². The molecule has 18 heavy (non-hydrogen) atoms. The molecular weight excluding hydrogens is 244 g/mol. The first-order valence-electron chi connectivity index (χ1n) is 5.27. The van der Waals surface area contributed by atoms with Crippen LogP contribution in [0, 0.1) is 22.7 Å². The zero-order chi connectivity index (χ0) is 13.5. The van der Waals surface area contributed by atoms with Gasteiger partial charge in [-0.15, -0.1) is 0 Å². The van der Waals surface area contributed by atoms with Gasteiger partial charge in [0.05, 0.1) is 18.1 Å². The largest absolute Gasteiger partial charge is 0.289 e. The lowest BCUT2D eigenvalue weighted by Crippen LogP contribution is -2.15. The van der Waals surface area contributed by atoms with Crippen molar-refractivity contribution >= 4 is 16.7 Å². The summed E-state index contributed by atoms with van der Waals surface area (Å²) in [5, 5.41) is 17.9. The van der Waals surface area contributed by atoms with Gasteiger partial charge in [-0.3, -0.25) is 4.79 Å². The van der Waals surface area contributed by atoms with Crippen LogP contribution in [0.5, 0.6) is 0 Å². The van der Waals surface area contributed by atoms with E-state index in [0.717, 1.165) is 0 Å². The Balaban J connectivity index is 3.23. The molecule has 1 rings (SSSR count). The number of Topliss-reactive ketones (excluding diaryl/α,β-unsaturated/α-hetero) is 1. The van der Waals surface area contributed by atoms with Crippen LogP contribution < -0.4 is 0 Å². The van der Waals surface area contributed by atoms with E-state index in [9.17, 15) is 4.79 Å².